The van der Waals surface area contributed by atoms with Crippen molar-refractivity contribution in [3.8, 4) is 0 Å². The van der Waals surface area contributed by atoms with Gasteiger partial charge in [0.05, 0.1) is 12.5 Å². The molecule has 0 radical (unpaired) electrons. The number of nitrogens with two attached hydrogens (primary N) is 2. The normalized spacial score (nSPS) is 15.3. The average Bonchev–Trinajstić information content (AvgIpc) is 2.80. The number of aliphatic carboxylic acids is 1. The molecule has 0 saturated carbocycles. The van der Waals surface area contributed by atoms with Crippen molar-refractivity contribution in [1.82, 2.24) is 16.0 Å². The van der Waals surface area contributed by atoms with E-state index in [0.717, 1.165) is 5.56 Å². The highest BCUT2D eigenvalue weighted by molar-refractivity contribution is 5.96. The molecule has 0 aliphatic carbocycles. The van der Waals surface area contributed by atoms with Gasteiger partial charge in [-0.2, -0.15) is 0 Å². The first-order valence-electron chi connectivity index (χ1n) is 11.6. The Morgan fingerprint density at radius 1 is 0.886 bits per heavy atom. The van der Waals surface area contributed by atoms with Crippen molar-refractivity contribution in [3.05, 3.63) is 35.9 Å². The minimum atomic E-state index is -1.43. The predicted octanol–water partition coefficient (Wildman–Crippen LogP) is -0.327. The highest BCUT2D eigenvalue weighted by atomic mass is 16.4. The summed E-state index contributed by atoms with van der Waals surface area (Å²) >= 11 is 0. The van der Waals surface area contributed by atoms with Crippen molar-refractivity contribution in [2.75, 3.05) is 0 Å². The SMILES string of the molecule is CCC(C)C(N)C(=O)NC(Cc1ccccc1)C(=O)NC(CC(N)=O)C(=O)NC(C(=O)O)C(C)C. The van der Waals surface area contributed by atoms with Crippen molar-refractivity contribution in [2.45, 2.75) is 71.1 Å². The minimum Gasteiger partial charge on any atom is -0.480 e. The number of carbonyl (C=O) groups is 5. The van der Waals surface area contributed by atoms with E-state index in [1.807, 2.05) is 13.8 Å². The third-order valence-electron chi connectivity index (χ3n) is 5.74. The van der Waals surface area contributed by atoms with E-state index in [9.17, 15) is 29.1 Å². The zero-order valence-electron chi connectivity index (χ0n) is 20.6. The lowest BCUT2D eigenvalue weighted by Crippen LogP contribution is -2.59. The Bertz CT molecular complexity index is 892. The Labute approximate surface area is 205 Å². The molecule has 0 aliphatic heterocycles. The van der Waals surface area contributed by atoms with Gasteiger partial charge in [0.25, 0.3) is 0 Å². The molecular weight excluding hydrogens is 454 g/mol. The van der Waals surface area contributed by atoms with E-state index in [2.05, 4.69) is 16.0 Å². The molecule has 0 aliphatic rings. The molecular formula is C24H37N5O6. The van der Waals surface area contributed by atoms with Gasteiger partial charge < -0.3 is 32.5 Å². The van der Waals surface area contributed by atoms with E-state index >= 15 is 0 Å². The second kappa shape index (κ2) is 14.1. The van der Waals surface area contributed by atoms with Crippen LogP contribution in [0.1, 0.15) is 46.1 Å². The van der Waals surface area contributed by atoms with Gasteiger partial charge in [0, 0.05) is 6.42 Å². The fourth-order valence-corrected chi connectivity index (χ4v) is 3.29. The molecule has 1 rings (SSSR count). The molecule has 0 fully saturated rings. The summed E-state index contributed by atoms with van der Waals surface area (Å²) in [6, 6.07) is 4.28. The van der Waals surface area contributed by atoms with Gasteiger partial charge in [-0.15, -0.1) is 0 Å². The zero-order chi connectivity index (χ0) is 26.7. The van der Waals surface area contributed by atoms with Crippen LogP contribution in [0.3, 0.4) is 0 Å². The molecule has 5 atom stereocenters. The lowest BCUT2D eigenvalue weighted by molar-refractivity contribution is -0.143. The van der Waals surface area contributed by atoms with Crippen LogP contribution < -0.4 is 27.4 Å². The molecule has 35 heavy (non-hydrogen) atoms. The Morgan fingerprint density at radius 2 is 1.43 bits per heavy atom. The average molecular weight is 492 g/mol. The van der Waals surface area contributed by atoms with E-state index in [0.29, 0.717) is 6.42 Å². The molecule has 0 spiro atoms. The summed E-state index contributed by atoms with van der Waals surface area (Å²) in [5, 5.41) is 16.8. The van der Waals surface area contributed by atoms with Crippen LogP contribution in [0.5, 0.6) is 0 Å². The number of amides is 4. The minimum absolute atomic E-state index is 0.0975. The van der Waals surface area contributed by atoms with Crippen LogP contribution in [-0.4, -0.2) is 58.9 Å². The van der Waals surface area contributed by atoms with Crippen LogP contribution in [0.15, 0.2) is 30.3 Å². The Kier molecular flexibility index (Phi) is 11.9. The smallest absolute Gasteiger partial charge is 0.326 e. The summed E-state index contributed by atoms with van der Waals surface area (Å²) in [5.74, 6) is -4.86. The Morgan fingerprint density at radius 3 is 1.91 bits per heavy atom. The standard InChI is InChI=1S/C24H37N5O6/c1-5-14(4)19(26)23(33)28-16(11-15-9-7-6-8-10-15)21(31)27-17(12-18(25)30)22(32)29-20(13(2)3)24(34)35/h6-10,13-14,16-17,19-20H,5,11-12,26H2,1-4H3,(H2,25,30)(H,27,31)(H,28,33)(H,29,32)(H,34,35). The molecule has 4 amide bonds. The van der Waals surface area contributed by atoms with Crippen molar-refractivity contribution in [3.63, 3.8) is 0 Å². The van der Waals surface area contributed by atoms with Crippen LogP contribution >= 0.6 is 0 Å². The van der Waals surface area contributed by atoms with E-state index in [-0.39, 0.29) is 12.3 Å². The first kappa shape index (κ1) is 29.6. The summed E-state index contributed by atoms with van der Waals surface area (Å²) in [6.07, 6.45) is 0.201. The van der Waals surface area contributed by atoms with Gasteiger partial charge in [-0.1, -0.05) is 64.4 Å². The van der Waals surface area contributed by atoms with Gasteiger partial charge in [0.1, 0.15) is 18.1 Å². The number of hydrogen-bond acceptors (Lipinski definition) is 6. The highest BCUT2D eigenvalue weighted by Crippen LogP contribution is 2.09. The van der Waals surface area contributed by atoms with Gasteiger partial charge >= 0.3 is 5.97 Å². The number of carbonyl (C=O) groups excluding carboxylic acids is 4. The maximum Gasteiger partial charge on any atom is 0.326 e. The van der Waals surface area contributed by atoms with Gasteiger partial charge in [-0.3, -0.25) is 19.2 Å². The number of carboxylic acids is 1. The molecule has 194 valence electrons. The van der Waals surface area contributed by atoms with Crippen molar-refractivity contribution >= 4 is 29.6 Å². The number of carboxylic acid groups (broad SMARTS) is 1. The Balaban J connectivity index is 3.14. The lowest BCUT2D eigenvalue weighted by atomic mass is 9.98. The first-order chi connectivity index (χ1) is 16.4. The fraction of sp³-hybridized carbons (Fsp3) is 0.542. The monoisotopic (exact) mass is 491 g/mol. The third kappa shape index (κ3) is 9.73. The molecule has 0 aromatic heterocycles. The molecule has 1 aromatic carbocycles. The van der Waals surface area contributed by atoms with E-state index < -0.39 is 66.1 Å². The van der Waals surface area contributed by atoms with Gasteiger partial charge in [0.15, 0.2) is 0 Å². The molecule has 0 saturated heterocycles. The summed E-state index contributed by atoms with van der Waals surface area (Å²) in [4.78, 5) is 61.7. The van der Waals surface area contributed by atoms with Crippen LogP contribution in [0.2, 0.25) is 0 Å². The van der Waals surface area contributed by atoms with Gasteiger partial charge in [0.2, 0.25) is 23.6 Å². The summed E-state index contributed by atoms with van der Waals surface area (Å²) < 4.78 is 0. The second-order valence-corrected chi connectivity index (χ2v) is 8.96. The van der Waals surface area contributed by atoms with Crippen molar-refractivity contribution in [1.29, 1.82) is 0 Å². The second-order valence-electron chi connectivity index (χ2n) is 8.96. The topological polar surface area (TPSA) is 194 Å². The van der Waals surface area contributed by atoms with Gasteiger partial charge in [-0.05, 0) is 17.4 Å². The van der Waals surface area contributed by atoms with E-state index in [1.54, 1.807) is 44.2 Å². The quantitative estimate of drug-likeness (QED) is 0.205. The van der Waals surface area contributed by atoms with E-state index in [4.69, 9.17) is 11.5 Å². The van der Waals surface area contributed by atoms with Crippen LogP contribution in [0, 0.1) is 11.8 Å². The Hall–Kier alpha value is -3.47. The molecule has 0 bridgehead atoms. The van der Waals surface area contributed by atoms with Crippen LogP contribution in [0.25, 0.3) is 0 Å². The number of nitrogens with one attached hydrogen (secondary N) is 3. The first-order valence-corrected chi connectivity index (χ1v) is 11.6. The molecule has 8 N–H and O–H groups in total. The maximum atomic E-state index is 13.2. The number of benzene rings is 1. The zero-order valence-corrected chi connectivity index (χ0v) is 20.6. The lowest BCUT2D eigenvalue weighted by Gasteiger charge is -2.26. The van der Waals surface area contributed by atoms with E-state index in [1.165, 1.54) is 0 Å². The largest absolute Gasteiger partial charge is 0.480 e. The van der Waals surface area contributed by atoms with Gasteiger partial charge in [-0.25, -0.2) is 4.79 Å². The molecule has 11 nitrogen and oxygen atoms in total. The highest BCUT2D eigenvalue weighted by Gasteiger charge is 2.32. The fourth-order valence-electron chi connectivity index (χ4n) is 3.29. The van der Waals surface area contributed by atoms with Crippen molar-refractivity contribution < 1.29 is 29.1 Å². The number of primary amides is 1. The number of hydrogen-bond donors (Lipinski definition) is 6. The summed E-state index contributed by atoms with van der Waals surface area (Å²) in [7, 11) is 0. The summed E-state index contributed by atoms with van der Waals surface area (Å²) in [6.45, 7) is 6.91. The molecule has 0 heterocycles. The molecule has 1 aromatic rings. The molecule has 11 heteroatoms. The predicted molar refractivity (Wildman–Crippen MR) is 130 cm³/mol. The number of rotatable bonds is 14. The molecule has 5 unspecified atom stereocenters. The van der Waals surface area contributed by atoms with Crippen LogP contribution in [0.4, 0.5) is 0 Å². The third-order valence-corrected chi connectivity index (χ3v) is 5.74. The summed E-state index contributed by atoms with van der Waals surface area (Å²) in [5.41, 5.74) is 12.0. The maximum absolute atomic E-state index is 13.2. The van der Waals surface area contributed by atoms with Crippen LogP contribution in [-0.2, 0) is 30.4 Å². The van der Waals surface area contributed by atoms with Crippen molar-refractivity contribution in [2.24, 2.45) is 23.3 Å².